The average molecular weight is 131 g/mol. The second kappa shape index (κ2) is 5.56. The number of hydrogen-bond donors (Lipinski definition) is 0. The van der Waals surface area contributed by atoms with Gasteiger partial charge in [-0.15, -0.1) is 0 Å². The lowest BCUT2D eigenvalue weighted by atomic mass is 10.5. The molecule has 0 aliphatic carbocycles. The topological polar surface area (TPSA) is 29.5 Å². The maximum Gasteiger partial charge on any atom is 0.209 e. The lowest BCUT2D eigenvalue weighted by molar-refractivity contribution is -0.118. The number of carbonyl (C=O) groups is 1. The van der Waals surface area contributed by atoms with Gasteiger partial charge in [0.25, 0.3) is 0 Å². The summed E-state index contributed by atoms with van der Waals surface area (Å²) in [5, 5.41) is 0. The smallest absolute Gasteiger partial charge is 0.209 e. The molecule has 0 saturated heterocycles. The average Bonchev–Trinajstić information content (AvgIpc) is 1.91. The van der Waals surface area contributed by atoms with E-state index in [4.69, 9.17) is 4.74 Å². The Kier molecular flexibility index (Phi) is 5.21. The van der Waals surface area contributed by atoms with Gasteiger partial charge in [0.05, 0.1) is 6.61 Å². The fourth-order valence-electron chi connectivity index (χ4n) is 0.494. The van der Waals surface area contributed by atoms with E-state index in [0.29, 0.717) is 13.2 Å². The predicted octanol–water partition coefficient (Wildman–Crippen LogP) is 0.111. The summed E-state index contributed by atoms with van der Waals surface area (Å²) in [7, 11) is 1.62. The van der Waals surface area contributed by atoms with E-state index in [1.807, 2.05) is 6.92 Å². The minimum absolute atomic E-state index is 0.618. The molecule has 1 amide bonds. The van der Waals surface area contributed by atoms with E-state index in [1.54, 1.807) is 12.0 Å². The standard InChI is InChI=1S/C6H13NO2/c1-3-7(6-8)4-5-9-2/h6H,3-5H2,1-2H3. The Morgan fingerprint density at radius 1 is 1.67 bits per heavy atom. The minimum atomic E-state index is 0.618. The van der Waals surface area contributed by atoms with E-state index in [9.17, 15) is 4.79 Å². The van der Waals surface area contributed by atoms with Crippen LogP contribution in [0.1, 0.15) is 6.92 Å². The first-order valence-corrected chi connectivity index (χ1v) is 3.03. The van der Waals surface area contributed by atoms with Crippen molar-refractivity contribution in [1.29, 1.82) is 0 Å². The third-order valence-corrected chi connectivity index (χ3v) is 1.14. The molecule has 0 spiro atoms. The number of likely N-dealkylation sites (N-methyl/N-ethyl adjacent to an activating group) is 1. The number of methoxy groups -OCH3 is 1. The molecule has 0 aromatic heterocycles. The van der Waals surface area contributed by atoms with Gasteiger partial charge in [-0.2, -0.15) is 0 Å². The highest BCUT2D eigenvalue weighted by Gasteiger charge is 1.93. The Labute approximate surface area is 55.6 Å². The first-order chi connectivity index (χ1) is 4.35. The molecule has 0 unspecified atom stereocenters. The highest BCUT2D eigenvalue weighted by atomic mass is 16.5. The molecule has 54 valence electrons. The Morgan fingerprint density at radius 3 is 2.67 bits per heavy atom. The molecule has 0 aromatic rings. The van der Waals surface area contributed by atoms with Crippen molar-refractivity contribution >= 4 is 6.41 Å². The molecule has 0 saturated carbocycles. The van der Waals surface area contributed by atoms with Crippen molar-refractivity contribution in [3.63, 3.8) is 0 Å². The molecule has 0 radical (unpaired) electrons. The SMILES string of the molecule is CCN(C=O)CCOC. The Morgan fingerprint density at radius 2 is 2.33 bits per heavy atom. The summed E-state index contributed by atoms with van der Waals surface area (Å²) < 4.78 is 4.78. The van der Waals surface area contributed by atoms with Crippen LogP contribution in [0.3, 0.4) is 0 Å². The van der Waals surface area contributed by atoms with Crippen molar-refractivity contribution in [2.45, 2.75) is 6.92 Å². The fourth-order valence-corrected chi connectivity index (χ4v) is 0.494. The summed E-state index contributed by atoms with van der Waals surface area (Å²) in [6, 6.07) is 0. The van der Waals surface area contributed by atoms with Crippen LogP contribution in [0.15, 0.2) is 0 Å². The predicted molar refractivity (Wildman–Crippen MR) is 35.2 cm³/mol. The van der Waals surface area contributed by atoms with Crippen LogP contribution < -0.4 is 0 Å². The normalized spacial score (nSPS) is 9.11. The number of nitrogens with zero attached hydrogens (tertiary/aromatic N) is 1. The third-order valence-electron chi connectivity index (χ3n) is 1.14. The highest BCUT2D eigenvalue weighted by Crippen LogP contribution is 1.79. The Hall–Kier alpha value is -0.570. The number of amides is 1. The Bertz CT molecular complexity index is 75.5. The van der Waals surface area contributed by atoms with Crippen LogP contribution in [0, 0.1) is 0 Å². The van der Waals surface area contributed by atoms with Crippen molar-refractivity contribution in [3.05, 3.63) is 0 Å². The van der Waals surface area contributed by atoms with Gasteiger partial charge in [-0.1, -0.05) is 0 Å². The van der Waals surface area contributed by atoms with E-state index < -0.39 is 0 Å². The zero-order valence-electron chi connectivity index (χ0n) is 5.96. The van der Waals surface area contributed by atoms with Crippen molar-refractivity contribution in [2.24, 2.45) is 0 Å². The van der Waals surface area contributed by atoms with Gasteiger partial charge in [0.15, 0.2) is 0 Å². The first kappa shape index (κ1) is 8.43. The lowest BCUT2D eigenvalue weighted by Gasteiger charge is -2.12. The van der Waals surface area contributed by atoms with Crippen LogP contribution in [0.4, 0.5) is 0 Å². The molecular formula is C6H13NO2. The zero-order valence-corrected chi connectivity index (χ0v) is 5.96. The van der Waals surface area contributed by atoms with Crippen molar-refractivity contribution in [1.82, 2.24) is 4.90 Å². The van der Waals surface area contributed by atoms with Gasteiger partial charge in [0.1, 0.15) is 0 Å². The molecule has 9 heavy (non-hydrogen) atoms. The summed E-state index contributed by atoms with van der Waals surface area (Å²) in [6.45, 7) is 4.00. The molecule has 0 heterocycles. The quantitative estimate of drug-likeness (QED) is 0.496. The molecule has 3 nitrogen and oxygen atoms in total. The van der Waals surface area contributed by atoms with E-state index in [-0.39, 0.29) is 0 Å². The maximum atomic E-state index is 10.1. The molecule has 3 heteroatoms. The number of rotatable bonds is 5. The second-order valence-electron chi connectivity index (χ2n) is 1.73. The van der Waals surface area contributed by atoms with E-state index in [1.165, 1.54) is 0 Å². The van der Waals surface area contributed by atoms with Crippen LogP contribution in [0.25, 0.3) is 0 Å². The maximum absolute atomic E-state index is 10.1. The van der Waals surface area contributed by atoms with Crippen LogP contribution in [0.2, 0.25) is 0 Å². The Balaban J connectivity index is 3.20. The summed E-state index contributed by atoms with van der Waals surface area (Å²) in [5.74, 6) is 0. The van der Waals surface area contributed by atoms with Crippen LogP contribution >= 0.6 is 0 Å². The second-order valence-corrected chi connectivity index (χ2v) is 1.73. The van der Waals surface area contributed by atoms with Gasteiger partial charge >= 0.3 is 0 Å². The zero-order chi connectivity index (χ0) is 7.11. The lowest BCUT2D eigenvalue weighted by Crippen LogP contribution is -2.25. The monoisotopic (exact) mass is 131 g/mol. The molecule has 0 fully saturated rings. The van der Waals surface area contributed by atoms with Gasteiger partial charge in [0, 0.05) is 20.2 Å². The number of hydrogen-bond acceptors (Lipinski definition) is 2. The molecule has 0 rings (SSSR count). The molecule has 0 aromatic carbocycles. The molecule has 0 aliphatic rings. The molecule has 0 aliphatic heterocycles. The van der Waals surface area contributed by atoms with Gasteiger partial charge < -0.3 is 9.64 Å². The number of carbonyl (C=O) groups excluding carboxylic acids is 1. The molecular weight excluding hydrogens is 118 g/mol. The van der Waals surface area contributed by atoms with Gasteiger partial charge in [0.2, 0.25) is 6.41 Å². The van der Waals surface area contributed by atoms with Gasteiger partial charge in [-0.05, 0) is 6.92 Å². The van der Waals surface area contributed by atoms with E-state index in [2.05, 4.69) is 0 Å². The minimum Gasteiger partial charge on any atom is -0.383 e. The number of ether oxygens (including phenoxy) is 1. The van der Waals surface area contributed by atoms with Crippen molar-refractivity contribution in [2.75, 3.05) is 26.8 Å². The van der Waals surface area contributed by atoms with Crippen LogP contribution in [-0.4, -0.2) is 38.1 Å². The summed E-state index contributed by atoms with van der Waals surface area (Å²) in [5.41, 5.74) is 0. The van der Waals surface area contributed by atoms with Crippen LogP contribution in [-0.2, 0) is 9.53 Å². The third kappa shape index (κ3) is 3.97. The van der Waals surface area contributed by atoms with Gasteiger partial charge in [-0.25, -0.2) is 0 Å². The summed E-state index contributed by atoms with van der Waals surface area (Å²) in [6.07, 6.45) is 0.832. The van der Waals surface area contributed by atoms with Crippen LogP contribution in [0.5, 0.6) is 0 Å². The first-order valence-electron chi connectivity index (χ1n) is 3.03. The summed E-state index contributed by atoms with van der Waals surface area (Å²) >= 11 is 0. The van der Waals surface area contributed by atoms with E-state index in [0.717, 1.165) is 13.0 Å². The fraction of sp³-hybridized carbons (Fsp3) is 0.833. The largest absolute Gasteiger partial charge is 0.383 e. The van der Waals surface area contributed by atoms with Crippen molar-refractivity contribution in [3.8, 4) is 0 Å². The molecule has 0 N–H and O–H groups in total. The summed E-state index contributed by atoms with van der Waals surface area (Å²) in [4.78, 5) is 11.8. The molecule has 0 atom stereocenters. The van der Waals surface area contributed by atoms with E-state index >= 15 is 0 Å². The highest BCUT2D eigenvalue weighted by molar-refractivity contribution is 5.46. The van der Waals surface area contributed by atoms with Gasteiger partial charge in [-0.3, -0.25) is 4.79 Å². The van der Waals surface area contributed by atoms with Crippen molar-refractivity contribution < 1.29 is 9.53 Å². The molecule has 0 bridgehead atoms.